The minimum absolute atomic E-state index is 0.000175. The Morgan fingerprint density at radius 3 is 2.64 bits per heavy atom. The Bertz CT molecular complexity index is 895. The van der Waals surface area contributed by atoms with Crippen LogP contribution in [0.3, 0.4) is 0 Å². The maximum atomic E-state index is 12.9. The minimum atomic E-state index is -0.671. The van der Waals surface area contributed by atoms with E-state index in [2.05, 4.69) is 4.98 Å². The van der Waals surface area contributed by atoms with E-state index in [1.807, 2.05) is 37.3 Å². The fourth-order valence-electron chi connectivity index (χ4n) is 2.74. The Labute approximate surface area is 167 Å². The lowest BCUT2D eigenvalue weighted by Crippen LogP contribution is -2.42. The molecule has 0 aliphatic rings. The van der Waals surface area contributed by atoms with Crippen molar-refractivity contribution in [2.45, 2.75) is 31.2 Å². The van der Waals surface area contributed by atoms with Crippen molar-refractivity contribution in [3.63, 3.8) is 0 Å². The third-order valence-electron chi connectivity index (χ3n) is 4.08. The van der Waals surface area contributed by atoms with Crippen LogP contribution in [0, 0.1) is 0 Å². The van der Waals surface area contributed by atoms with Gasteiger partial charge in [-0.3, -0.25) is 19.1 Å². The van der Waals surface area contributed by atoms with Gasteiger partial charge in [0.1, 0.15) is 5.82 Å². The molecule has 152 valence electrons. The highest BCUT2D eigenvalue weighted by Crippen LogP contribution is 2.21. The molecule has 2 rings (SSSR count). The average Bonchev–Trinajstić information content (AvgIpc) is 2.68. The molecular weight excluding hydrogens is 380 g/mol. The first-order valence-electron chi connectivity index (χ1n) is 9.09. The zero-order valence-electron chi connectivity index (χ0n) is 16.1. The van der Waals surface area contributed by atoms with Crippen molar-refractivity contribution in [1.82, 2.24) is 9.55 Å². The molecule has 28 heavy (non-hydrogen) atoms. The molecule has 0 aliphatic carbocycles. The number of aromatic nitrogens is 2. The summed E-state index contributed by atoms with van der Waals surface area (Å²) < 4.78 is 6.36. The molecule has 2 aromatic rings. The van der Waals surface area contributed by atoms with E-state index in [1.165, 1.54) is 16.6 Å². The van der Waals surface area contributed by atoms with E-state index in [0.29, 0.717) is 18.7 Å². The number of nitrogens with one attached hydrogen (secondary N) is 1. The van der Waals surface area contributed by atoms with E-state index in [4.69, 9.17) is 10.5 Å². The summed E-state index contributed by atoms with van der Waals surface area (Å²) in [4.78, 5) is 42.0. The number of anilines is 2. The molecule has 0 unspecified atom stereocenters. The number of ether oxygens (including phenoxy) is 1. The van der Waals surface area contributed by atoms with Gasteiger partial charge in [0, 0.05) is 37.3 Å². The number of methoxy groups -OCH3 is 1. The van der Waals surface area contributed by atoms with Gasteiger partial charge in [0.2, 0.25) is 5.91 Å². The highest BCUT2D eigenvalue weighted by molar-refractivity contribution is 7.99. The maximum absolute atomic E-state index is 12.9. The molecule has 1 aromatic carbocycles. The van der Waals surface area contributed by atoms with Crippen LogP contribution in [0.2, 0.25) is 0 Å². The van der Waals surface area contributed by atoms with Gasteiger partial charge < -0.3 is 15.4 Å². The van der Waals surface area contributed by atoms with Gasteiger partial charge in [-0.1, -0.05) is 25.1 Å². The fourth-order valence-corrected chi connectivity index (χ4v) is 3.60. The predicted octanol–water partition coefficient (Wildman–Crippen LogP) is 1.69. The maximum Gasteiger partial charge on any atom is 0.330 e. The second-order valence-corrected chi connectivity index (χ2v) is 7.26. The van der Waals surface area contributed by atoms with Gasteiger partial charge in [0.05, 0.1) is 6.61 Å². The van der Waals surface area contributed by atoms with Crippen LogP contribution in [-0.4, -0.2) is 41.5 Å². The number of hydrogen-bond acceptors (Lipinski definition) is 6. The quantitative estimate of drug-likeness (QED) is 0.581. The number of thioether (sulfide) groups is 1. The molecule has 1 amide bonds. The molecule has 0 bridgehead atoms. The average molecular weight is 407 g/mol. The lowest BCUT2D eigenvalue weighted by Gasteiger charge is -2.24. The van der Waals surface area contributed by atoms with Crippen molar-refractivity contribution in [3.05, 3.63) is 51.2 Å². The number of hydrogen-bond donors (Lipinski definition) is 2. The van der Waals surface area contributed by atoms with E-state index < -0.39 is 11.2 Å². The third-order valence-corrected chi connectivity index (χ3v) is 5.09. The Morgan fingerprint density at radius 1 is 1.29 bits per heavy atom. The van der Waals surface area contributed by atoms with Crippen molar-refractivity contribution in [1.29, 1.82) is 0 Å². The number of nitrogen functional groups attached to an aromatic ring is 1. The first-order chi connectivity index (χ1) is 13.5. The number of amides is 1. The summed E-state index contributed by atoms with van der Waals surface area (Å²) in [5.74, 6) is 0.300. The highest BCUT2D eigenvalue weighted by atomic mass is 32.2. The molecule has 0 aliphatic heterocycles. The topological polar surface area (TPSA) is 110 Å². The van der Waals surface area contributed by atoms with Gasteiger partial charge in [-0.05, 0) is 18.6 Å². The van der Waals surface area contributed by atoms with Crippen LogP contribution in [0.5, 0.6) is 0 Å². The molecule has 0 atom stereocenters. The zero-order valence-corrected chi connectivity index (χ0v) is 17.0. The Balaban J connectivity index is 2.25. The van der Waals surface area contributed by atoms with Crippen molar-refractivity contribution in [2.75, 3.05) is 36.6 Å². The number of aromatic amines is 1. The molecule has 0 fully saturated rings. The Hall–Kier alpha value is -2.52. The standard InChI is InChI=1S/C19H26N4O4S/c1-3-10-23-17(20)16(18(25)21-19(23)26)22(11-12-27-2)15(24)9-13-28-14-7-5-4-6-8-14/h4-8H,3,9-13,20H2,1-2H3,(H,21,25,26). The zero-order chi connectivity index (χ0) is 20.5. The smallest absolute Gasteiger partial charge is 0.330 e. The van der Waals surface area contributed by atoms with Crippen molar-refractivity contribution in [3.8, 4) is 0 Å². The minimum Gasteiger partial charge on any atom is -0.383 e. The molecule has 0 saturated carbocycles. The van der Waals surface area contributed by atoms with Crippen LogP contribution < -0.4 is 21.9 Å². The summed E-state index contributed by atoms with van der Waals surface area (Å²) in [6, 6.07) is 9.75. The second kappa shape index (κ2) is 10.7. The molecule has 1 aromatic heterocycles. The lowest BCUT2D eigenvalue weighted by atomic mass is 10.3. The first-order valence-corrected chi connectivity index (χ1v) is 10.1. The summed E-state index contributed by atoms with van der Waals surface area (Å²) in [5, 5.41) is 0. The summed E-state index contributed by atoms with van der Waals surface area (Å²) >= 11 is 1.56. The van der Waals surface area contributed by atoms with Crippen LogP contribution in [-0.2, 0) is 16.1 Å². The first kappa shape index (κ1) is 21.8. The second-order valence-electron chi connectivity index (χ2n) is 6.09. The van der Waals surface area contributed by atoms with Crippen molar-refractivity contribution in [2.24, 2.45) is 0 Å². The van der Waals surface area contributed by atoms with Crippen LogP contribution in [0.4, 0.5) is 11.5 Å². The number of benzene rings is 1. The molecule has 3 N–H and O–H groups in total. The van der Waals surface area contributed by atoms with Crippen molar-refractivity contribution >= 4 is 29.2 Å². The van der Waals surface area contributed by atoms with E-state index in [9.17, 15) is 14.4 Å². The van der Waals surface area contributed by atoms with Gasteiger partial charge in [-0.15, -0.1) is 11.8 Å². The van der Waals surface area contributed by atoms with E-state index >= 15 is 0 Å². The predicted molar refractivity (Wildman–Crippen MR) is 112 cm³/mol. The SMILES string of the molecule is CCCn1c(N)c(N(CCOC)C(=O)CCSc2ccccc2)c(=O)[nH]c1=O. The van der Waals surface area contributed by atoms with Gasteiger partial charge >= 0.3 is 5.69 Å². The lowest BCUT2D eigenvalue weighted by molar-refractivity contribution is -0.118. The monoisotopic (exact) mass is 406 g/mol. The third kappa shape index (κ3) is 5.49. The van der Waals surface area contributed by atoms with Crippen LogP contribution >= 0.6 is 11.8 Å². The molecule has 0 spiro atoms. The molecular formula is C19H26N4O4S. The van der Waals surface area contributed by atoms with Gasteiger partial charge in [-0.2, -0.15) is 0 Å². The van der Waals surface area contributed by atoms with Gasteiger partial charge in [-0.25, -0.2) is 4.79 Å². The molecule has 0 radical (unpaired) electrons. The van der Waals surface area contributed by atoms with Crippen LogP contribution in [0.25, 0.3) is 0 Å². The number of nitrogens with zero attached hydrogens (tertiary/aromatic N) is 2. The molecule has 0 saturated heterocycles. The Morgan fingerprint density at radius 2 is 2.00 bits per heavy atom. The molecule has 1 heterocycles. The molecule has 8 nitrogen and oxygen atoms in total. The number of rotatable bonds is 10. The molecule has 9 heteroatoms. The number of carbonyl (C=O) groups excluding carboxylic acids is 1. The number of carbonyl (C=O) groups is 1. The number of H-pyrrole nitrogens is 1. The summed E-state index contributed by atoms with van der Waals surface area (Å²) in [5.41, 5.74) is 4.86. The fraction of sp³-hybridized carbons (Fsp3) is 0.421. The van der Waals surface area contributed by atoms with E-state index in [0.717, 1.165) is 4.90 Å². The number of nitrogens with two attached hydrogens (primary N) is 1. The highest BCUT2D eigenvalue weighted by Gasteiger charge is 2.23. The summed E-state index contributed by atoms with van der Waals surface area (Å²) in [7, 11) is 1.51. The largest absolute Gasteiger partial charge is 0.383 e. The van der Waals surface area contributed by atoms with Gasteiger partial charge in [0.25, 0.3) is 5.56 Å². The van der Waals surface area contributed by atoms with Gasteiger partial charge in [0.15, 0.2) is 5.69 Å². The summed E-state index contributed by atoms with van der Waals surface area (Å²) in [6.45, 7) is 2.65. The normalized spacial score (nSPS) is 10.8. The van der Waals surface area contributed by atoms with E-state index in [1.54, 1.807) is 11.8 Å². The van der Waals surface area contributed by atoms with E-state index in [-0.39, 0.29) is 37.0 Å². The Kier molecular flexibility index (Phi) is 8.34. The summed E-state index contributed by atoms with van der Waals surface area (Å²) in [6.07, 6.45) is 0.879. The van der Waals surface area contributed by atoms with Crippen LogP contribution in [0.15, 0.2) is 44.8 Å². The van der Waals surface area contributed by atoms with Crippen LogP contribution in [0.1, 0.15) is 19.8 Å². The van der Waals surface area contributed by atoms with Crippen molar-refractivity contribution < 1.29 is 9.53 Å².